The topological polar surface area (TPSA) is 86.7 Å². The zero-order valence-corrected chi connectivity index (χ0v) is 7.86. The fourth-order valence-electron chi connectivity index (χ4n) is 1.19. The van der Waals surface area contributed by atoms with Gasteiger partial charge in [-0.1, -0.05) is 0 Å². The largest absolute Gasteiger partial charge is 0.358 e. The maximum absolute atomic E-state index is 10.6. The van der Waals surface area contributed by atoms with Crippen molar-refractivity contribution in [3.05, 3.63) is 34.8 Å². The molecule has 0 atom stereocenters. The summed E-state index contributed by atoms with van der Waals surface area (Å²) in [6.07, 6.45) is 4.30. The molecule has 0 fully saturated rings. The quantitative estimate of drug-likeness (QED) is 0.534. The summed E-state index contributed by atoms with van der Waals surface area (Å²) < 4.78 is 1.34. The van der Waals surface area contributed by atoms with E-state index in [0.717, 1.165) is 0 Å². The summed E-state index contributed by atoms with van der Waals surface area (Å²) in [5.41, 5.74) is 0. The standard InChI is InChI=1S/C8H7N5O2/c1-12-6(13(14)15)5-11-8(12)7-9-3-2-4-10-7/h2-5H,1H3. The summed E-state index contributed by atoms with van der Waals surface area (Å²) in [4.78, 5) is 21.9. The van der Waals surface area contributed by atoms with Crippen molar-refractivity contribution in [3.63, 3.8) is 0 Å². The molecule has 0 N–H and O–H groups in total. The van der Waals surface area contributed by atoms with E-state index in [4.69, 9.17) is 0 Å². The molecule has 0 aliphatic carbocycles. The molecule has 0 aliphatic rings. The highest BCUT2D eigenvalue weighted by Gasteiger charge is 2.19. The van der Waals surface area contributed by atoms with Crippen molar-refractivity contribution < 1.29 is 4.92 Å². The second kappa shape index (κ2) is 3.45. The van der Waals surface area contributed by atoms with E-state index in [9.17, 15) is 10.1 Å². The van der Waals surface area contributed by atoms with Crippen LogP contribution in [-0.2, 0) is 7.05 Å². The van der Waals surface area contributed by atoms with Gasteiger partial charge in [0.15, 0.2) is 0 Å². The fraction of sp³-hybridized carbons (Fsp3) is 0.125. The van der Waals surface area contributed by atoms with Gasteiger partial charge < -0.3 is 10.1 Å². The first-order valence-corrected chi connectivity index (χ1v) is 4.13. The molecule has 0 radical (unpaired) electrons. The van der Waals surface area contributed by atoms with E-state index < -0.39 is 4.92 Å². The average molecular weight is 205 g/mol. The van der Waals surface area contributed by atoms with Gasteiger partial charge in [-0.3, -0.25) is 0 Å². The molecule has 0 spiro atoms. The molecule has 0 amide bonds. The summed E-state index contributed by atoms with van der Waals surface area (Å²) in [5.74, 6) is 0.660. The van der Waals surface area contributed by atoms with Gasteiger partial charge in [0.2, 0.25) is 5.82 Å². The molecular weight excluding hydrogens is 198 g/mol. The minimum absolute atomic E-state index is 0.0857. The maximum atomic E-state index is 10.6. The molecule has 0 aliphatic heterocycles. The van der Waals surface area contributed by atoms with Crippen LogP contribution in [-0.4, -0.2) is 24.4 Å². The van der Waals surface area contributed by atoms with E-state index >= 15 is 0 Å². The van der Waals surface area contributed by atoms with Crippen molar-refractivity contribution in [1.82, 2.24) is 19.5 Å². The minimum atomic E-state index is -0.501. The van der Waals surface area contributed by atoms with Gasteiger partial charge in [0.05, 0.1) is 7.05 Å². The van der Waals surface area contributed by atoms with Crippen molar-refractivity contribution >= 4 is 5.82 Å². The first-order chi connectivity index (χ1) is 7.20. The van der Waals surface area contributed by atoms with Crippen LogP contribution in [0.3, 0.4) is 0 Å². The first-order valence-electron chi connectivity index (χ1n) is 4.13. The molecule has 2 rings (SSSR count). The Bertz CT molecular complexity index is 493. The average Bonchev–Trinajstić information content (AvgIpc) is 2.61. The van der Waals surface area contributed by atoms with Gasteiger partial charge in [0.1, 0.15) is 6.20 Å². The van der Waals surface area contributed by atoms with Gasteiger partial charge in [-0.2, -0.15) is 0 Å². The SMILES string of the molecule is Cn1c([N+](=O)[O-])cnc1-c1ncccn1. The molecule has 2 aromatic rings. The van der Waals surface area contributed by atoms with Crippen LogP contribution in [0.15, 0.2) is 24.7 Å². The second-order valence-electron chi connectivity index (χ2n) is 2.83. The van der Waals surface area contributed by atoms with E-state index in [1.54, 1.807) is 25.5 Å². The van der Waals surface area contributed by atoms with Crippen LogP contribution in [0.1, 0.15) is 0 Å². The lowest BCUT2D eigenvalue weighted by Crippen LogP contribution is -2.00. The zero-order valence-electron chi connectivity index (χ0n) is 7.86. The Balaban J connectivity index is 2.52. The highest BCUT2D eigenvalue weighted by atomic mass is 16.6. The third-order valence-corrected chi connectivity index (χ3v) is 1.92. The van der Waals surface area contributed by atoms with Gasteiger partial charge in [-0.05, 0) is 11.0 Å². The van der Waals surface area contributed by atoms with Crippen molar-refractivity contribution in [3.8, 4) is 11.6 Å². The highest BCUT2D eigenvalue weighted by molar-refractivity contribution is 5.46. The van der Waals surface area contributed by atoms with Crippen molar-refractivity contribution in [2.24, 2.45) is 7.05 Å². The lowest BCUT2D eigenvalue weighted by Gasteiger charge is -1.96. The van der Waals surface area contributed by atoms with Gasteiger partial charge in [-0.25, -0.2) is 19.5 Å². The normalized spacial score (nSPS) is 10.2. The molecular formula is C8H7N5O2. The highest BCUT2D eigenvalue weighted by Crippen LogP contribution is 2.18. The van der Waals surface area contributed by atoms with Gasteiger partial charge in [0.25, 0.3) is 5.82 Å². The Labute approximate surface area is 84.6 Å². The van der Waals surface area contributed by atoms with Crippen LogP contribution in [0.25, 0.3) is 11.6 Å². The van der Waals surface area contributed by atoms with Gasteiger partial charge in [0, 0.05) is 12.4 Å². The summed E-state index contributed by atoms with van der Waals surface area (Å²) in [6, 6.07) is 1.67. The molecule has 2 heterocycles. The molecule has 0 aromatic carbocycles. The van der Waals surface area contributed by atoms with Crippen LogP contribution < -0.4 is 0 Å². The smallest absolute Gasteiger partial charge is 0.343 e. The van der Waals surface area contributed by atoms with Crippen molar-refractivity contribution in [2.45, 2.75) is 0 Å². The summed E-state index contributed by atoms with van der Waals surface area (Å²) >= 11 is 0. The third kappa shape index (κ3) is 1.54. The minimum Gasteiger partial charge on any atom is -0.358 e. The van der Waals surface area contributed by atoms with Gasteiger partial charge in [-0.15, -0.1) is 0 Å². The number of nitro groups is 1. The molecule has 15 heavy (non-hydrogen) atoms. The Morgan fingerprint density at radius 2 is 2.00 bits per heavy atom. The fourth-order valence-corrected chi connectivity index (χ4v) is 1.19. The number of aromatic nitrogens is 4. The van der Waals surface area contributed by atoms with Crippen LogP contribution in [0.2, 0.25) is 0 Å². The van der Waals surface area contributed by atoms with Crippen LogP contribution in [0.4, 0.5) is 5.82 Å². The number of nitrogens with zero attached hydrogens (tertiary/aromatic N) is 5. The molecule has 0 saturated heterocycles. The monoisotopic (exact) mass is 205 g/mol. The van der Waals surface area contributed by atoms with E-state index in [0.29, 0.717) is 11.6 Å². The molecule has 76 valence electrons. The third-order valence-electron chi connectivity index (χ3n) is 1.92. The number of hydrogen-bond acceptors (Lipinski definition) is 5. The van der Waals surface area contributed by atoms with Crippen LogP contribution >= 0.6 is 0 Å². The van der Waals surface area contributed by atoms with Gasteiger partial charge >= 0.3 is 5.82 Å². The van der Waals surface area contributed by atoms with E-state index in [1.807, 2.05) is 0 Å². The molecule has 7 nitrogen and oxygen atoms in total. The molecule has 0 saturated carbocycles. The predicted octanol–water partition coefficient (Wildman–Crippen LogP) is 0.785. The second-order valence-corrected chi connectivity index (χ2v) is 2.83. The Hall–Kier alpha value is -2.31. The maximum Gasteiger partial charge on any atom is 0.343 e. The lowest BCUT2D eigenvalue weighted by atomic mass is 10.5. The number of imidazole rings is 1. The van der Waals surface area contributed by atoms with E-state index in [-0.39, 0.29) is 5.82 Å². The van der Waals surface area contributed by atoms with E-state index in [2.05, 4.69) is 15.0 Å². The molecule has 2 aromatic heterocycles. The Morgan fingerprint density at radius 3 is 2.53 bits per heavy atom. The summed E-state index contributed by atoms with van der Waals surface area (Å²) in [7, 11) is 1.55. The predicted molar refractivity (Wildman–Crippen MR) is 50.9 cm³/mol. The summed E-state index contributed by atoms with van der Waals surface area (Å²) in [5, 5.41) is 10.6. The van der Waals surface area contributed by atoms with Crippen molar-refractivity contribution in [1.29, 1.82) is 0 Å². The Morgan fingerprint density at radius 1 is 1.33 bits per heavy atom. The van der Waals surface area contributed by atoms with Crippen LogP contribution in [0, 0.1) is 10.1 Å². The Kier molecular flexibility index (Phi) is 2.13. The number of rotatable bonds is 2. The van der Waals surface area contributed by atoms with Crippen LogP contribution in [0.5, 0.6) is 0 Å². The lowest BCUT2D eigenvalue weighted by molar-refractivity contribution is -0.391. The zero-order chi connectivity index (χ0) is 10.8. The van der Waals surface area contributed by atoms with E-state index in [1.165, 1.54) is 10.8 Å². The molecule has 0 unspecified atom stereocenters. The molecule has 0 bridgehead atoms. The first kappa shape index (κ1) is 9.25. The number of hydrogen-bond donors (Lipinski definition) is 0. The molecule has 7 heteroatoms. The summed E-state index contributed by atoms with van der Waals surface area (Å²) in [6.45, 7) is 0. The van der Waals surface area contributed by atoms with Crippen molar-refractivity contribution in [2.75, 3.05) is 0 Å².